The molecule has 1 unspecified atom stereocenters. The standard InChI is InChI=1S/C17H26N2O/c1-20-17-7-3-2-5-14(17)10-12-19-11-4-6-16(13-19)18-15-8-9-15/h2-3,5,7,15-16,18H,4,6,8-13H2,1H3. The number of benzene rings is 1. The van der Waals surface area contributed by atoms with Gasteiger partial charge in [-0.25, -0.2) is 0 Å². The van der Waals surface area contributed by atoms with Gasteiger partial charge in [-0.05, 0) is 50.3 Å². The first-order chi connectivity index (χ1) is 9.85. The Morgan fingerprint density at radius 1 is 1.20 bits per heavy atom. The fraction of sp³-hybridized carbons (Fsp3) is 0.647. The Balaban J connectivity index is 1.49. The van der Waals surface area contributed by atoms with E-state index in [0.29, 0.717) is 6.04 Å². The molecule has 1 atom stereocenters. The second kappa shape index (κ2) is 6.59. The van der Waals surface area contributed by atoms with Crippen molar-refractivity contribution in [1.82, 2.24) is 10.2 Å². The summed E-state index contributed by atoms with van der Waals surface area (Å²) in [7, 11) is 1.76. The summed E-state index contributed by atoms with van der Waals surface area (Å²) in [5.41, 5.74) is 1.33. The molecule has 1 N–H and O–H groups in total. The first kappa shape index (κ1) is 13.9. The Morgan fingerprint density at radius 2 is 2.05 bits per heavy atom. The molecular formula is C17H26N2O. The van der Waals surface area contributed by atoms with E-state index in [-0.39, 0.29) is 0 Å². The van der Waals surface area contributed by atoms with Crippen molar-refractivity contribution in [2.24, 2.45) is 0 Å². The van der Waals surface area contributed by atoms with Crippen LogP contribution in [0.25, 0.3) is 0 Å². The van der Waals surface area contributed by atoms with Crippen molar-refractivity contribution in [3.63, 3.8) is 0 Å². The zero-order valence-electron chi connectivity index (χ0n) is 12.5. The van der Waals surface area contributed by atoms with Crippen molar-refractivity contribution >= 4 is 0 Å². The van der Waals surface area contributed by atoms with Crippen LogP contribution < -0.4 is 10.1 Å². The van der Waals surface area contributed by atoms with Gasteiger partial charge in [-0.1, -0.05) is 18.2 Å². The molecule has 0 bridgehead atoms. The maximum Gasteiger partial charge on any atom is 0.122 e. The van der Waals surface area contributed by atoms with E-state index < -0.39 is 0 Å². The SMILES string of the molecule is COc1ccccc1CCN1CCCC(NC2CC2)C1. The summed E-state index contributed by atoms with van der Waals surface area (Å²) < 4.78 is 5.44. The molecule has 1 saturated carbocycles. The number of piperidine rings is 1. The highest BCUT2D eigenvalue weighted by atomic mass is 16.5. The number of nitrogens with zero attached hydrogens (tertiary/aromatic N) is 1. The van der Waals surface area contributed by atoms with E-state index in [4.69, 9.17) is 4.74 Å². The van der Waals surface area contributed by atoms with Crippen LogP contribution >= 0.6 is 0 Å². The smallest absolute Gasteiger partial charge is 0.122 e. The number of rotatable bonds is 6. The lowest BCUT2D eigenvalue weighted by atomic mass is 10.0. The second-order valence-corrected chi connectivity index (χ2v) is 6.14. The average molecular weight is 274 g/mol. The first-order valence-electron chi connectivity index (χ1n) is 7.95. The van der Waals surface area contributed by atoms with Crippen molar-refractivity contribution in [3.05, 3.63) is 29.8 Å². The number of para-hydroxylation sites is 1. The van der Waals surface area contributed by atoms with E-state index in [9.17, 15) is 0 Å². The lowest BCUT2D eigenvalue weighted by Crippen LogP contribution is -2.46. The number of hydrogen-bond donors (Lipinski definition) is 1. The van der Waals surface area contributed by atoms with Crippen molar-refractivity contribution < 1.29 is 4.74 Å². The highest BCUT2D eigenvalue weighted by Gasteiger charge is 2.27. The minimum atomic E-state index is 0.717. The highest BCUT2D eigenvalue weighted by Crippen LogP contribution is 2.22. The number of ether oxygens (including phenoxy) is 1. The van der Waals surface area contributed by atoms with Gasteiger partial charge in [0, 0.05) is 25.2 Å². The summed E-state index contributed by atoms with van der Waals surface area (Å²) in [5, 5.41) is 3.78. The second-order valence-electron chi connectivity index (χ2n) is 6.14. The molecule has 0 spiro atoms. The maximum atomic E-state index is 5.44. The predicted octanol–water partition coefficient (Wildman–Crippen LogP) is 2.45. The summed E-state index contributed by atoms with van der Waals surface area (Å²) in [6.07, 6.45) is 6.54. The molecule has 1 saturated heterocycles. The largest absolute Gasteiger partial charge is 0.496 e. The first-order valence-corrected chi connectivity index (χ1v) is 7.95. The van der Waals surface area contributed by atoms with Gasteiger partial charge >= 0.3 is 0 Å². The zero-order valence-corrected chi connectivity index (χ0v) is 12.5. The fourth-order valence-electron chi connectivity index (χ4n) is 3.17. The molecule has 0 radical (unpaired) electrons. The Labute approximate surface area is 122 Å². The topological polar surface area (TPSA) is 24.5 Å². The van der Waals surface area contributed by atoms with Crippen LogP contribution in [0.1, 0.15) is 31.2 Å². The van der Waals surface area contributed by atoms with E-state index in [2.05, 4.69) is 28.4 Å². The molecule has 2 aliphatic rings. The summed E-state index contributed by atoms with van der Waals surface area (Å²) in [4.78, 5) is 2.61. The van der Waals surface area contributed by atoms with Crippen molar-refractivity contribution in [3.8, 4) is 5.75 Å². The molecule has 20 heavy (non-hydrogen) atoms. The molecule has 1 aromatic carbocycles. The molecule has 1 heterocycles. The van der Waals surface area contributed by atoms with E-state index in [0.717, 1.165) is 24.8 Å². The van der Waals surface area contributed by atoms with Gasteiger partial charge in [-0.15, -0.1) is 0 Å². The van der Waals surface area contributed by atoms with Crippen molar-refractivity contribution in [2.75, 3.05) is 26.7 Å². The molecule has 3 heteroatoms. The monoisotopic (exact) mass is 274 g/mol. The molecule has 2 fully saturated rings. The van der Waals surface area contributed by atoms with Crippen LogP contribution in [0.15, 0.2) is 24.3 Å². The Morgan fingerprint density at radius 3 is 2.85 bits per heavy atom. The third-order valence-electron chi connectivity index (χ3n) is 4.44. The maximum absolute atomic E-state index is 5.44. The van der Waals surface area contributed by atoms with Crippen LogP contribution in [0.2, 0.25) is 0 Å². The van der Waals surface area contributed by atoms with Crippen LogP contribution in [0.5, 0.6) is 5.75 Å². The number of likely N-dealkylation sites (tertiary alicyclic amines) is 1. The van der Waals surface area contributed by atoms with Crippen molar-refractivity contribution in [2.45, 2.75) is 44.2 Å². The van der Waals surface area contributed by atoms with Gasteiger partial charge in [0.25, 0.3) is 0 Å². The normalized spacial score (nSPS) is 23.8. The molecule has 1 aliphatic carbocycles. The molecule has 3 rings (SSSR count). The Hall–Kier alpha value is -1.06. The van der Waals surface area contributed by atoms with Gasteiger partial charge in [0.15, 0.2) is 0 Å². The van der Waals surface area contributed by atoms with Crippen LogP contribution in [-0.4, -0.2) is 43.7 Å². The summed E-state index contributed by atoms with van der Waals surface area (Å²) in [5.74, 6) is 1.03. The molecule has 3 nitrogen and oxygen atoms in total. The minimum Gasteiger partial charge on any atom is -0.496 e. The van der Waals surface area contributed by atoms with Gasteiger partial charge in [0.2, 0.25) is 0 Å². The third-order valence-corrected chi connectivity index (χ3v) is 4.44. The average Bonchev–Trinajstić information content (AvgIpc) is 3.30. The summed E-state index contributed by atoms with van der Waals surface area (Å²) in [6, 6.07) is 9.93. The minimum absolute atomic E-state index is 0.717. The fourth-order valence-corrected chi connectivity index (χ4v) is 3.17. The van der Waals surface area contributed by atoms with Crippen LogP contribution in [-0.2, 0) is 6.42 Å². The Kier molecular flexibility index (Phi) is 4.58. The molecule has 110 valence electrons. The van der Waals surface area contributed by atoms with Crippen molar-refractivity contribution in [1.29, 1.82) is 0 Å². The van der Waals surface area contributed by atoms with Gasteiger partial charge in [-0.3, -0.25) is 0 Å². The molecule has 0 aromatic heterocycles. The third kappa shape index (κ3) is 3.74. The van der Waals surface area contributed by atoms with Gasteiger partial charge in [0.1, 0.15) is 5.75 Å². The summed E-state index contributed by atoms with van der Waals surface area (Å²) in [6.45, 7) is 3.60. The predicted molar refractivity (Wildman–Crippen MR) is 82.3 cm³/mol. The van der Waals surface area contributed by atoms with Gasteiger partial charge in [-0.2, -0.15) is 0 Å². The molecular weight excluding hydrogens is 248 g/mol. The van der Waals surface area contributed by atoms with E-state index >= 15 is 0 Å². The van der Waals surface area contributed by atoms with Crippen LogP contribution in [0, 0.1) is 0 Å². The molecule has 1 aliphatic heterocycles. The lowest BCUT2D eigenvalue weighted by molar-refractivity contribution is 0.191. The molecule has 1 aromatic rings. The van der Waals surface area contributed by atoms with Gasteiger partial charge < -0.3 is 15.0 Å². The Bertz CT molecular complexity index is 431. The van der Waals surface area contributed by atoms with E-state index in [1.165, 1.54) is 44.3 Å². The van der Waals surface area contributed by atoms with E-state index in [1.807, 2.05) is 6.07 Å². The van der Waals surface area contributed by atoms with Gasteiger partial charge in [0.05, 0.1) is 7.11 Å². The van der Waals surface area contributed by atoms with E-state index in [1.54, 1.807) is 7.11 Å². The number of hydrogen-bond acceptors (Lipinski definition) is 3. The quantitative estimate of drug-likeness (QED) is 0.862. The van der Waals surface area contributed by atoms with Crippen LogP contribution in [0.3, 0.4) is 0 Å². The zero-order chi connectivity index (χ0) is 13.8. The number of nitrogens with one attached hydrogen (secondary N) is 1. The van der Waals surface area contributed by atoms with Crippen LogP contribution in [0.4, 0.5) is 0 Å². The number of methoxy groups -OCH3 is 1. The summed E-state index contributed by atoms with van der Waals surface area (Å²) >= 11 is 0. The highest BCUT2D eigenvalue weighted by molar-refractivity contribution is 5.33. The lowest BCUT2D eigenvalue weighted by Gasteiger charge is -2.33. The molecule has 0 amide bonds.